The highest BCUT2D eigenvalue weighted by Crippen LogP contribution is 2.46. The average molecular weight is 444 g/mol. The first kappa shape index (κ1) is 20.7. The Morgan fingerprint density at radius 2 is 1.52 bits per heavy atom. The van der Waals surface area contributed by atoms with Gasteiger partial charge in [-0.05, 0) is 36.2 Å². The van der Waals surface area contributed by atoms with Crippen molar-refractivity contribution in [2.24, 2.45) is 0 Å². The van der Waals surface area contributed by atoms with Crippen molar-refractivity contribution in [3.05, 3.63) is 106 Å². The number of hydrogen-bond acceptors (Lipinski definition) is 5. The third-order valence-corrected chi connectivity index (χ3v) is 7.86. The van der Waals surface area contributed by atoms with E-state index < -0.39 is 16.1 Å². The molecule has 0 spiro atoms. The van der Waals surface area contributed by atoms with Gasteiger partial charge in [-0.3, -0.25) is 0 Å². The van der Waals surface area contributed by atoms with Crippen LogP contribution in [-0.2, 0) is 10.0 Å². The summed E-state index contributed by atoms with van der Waals surface area (Å²) in [6.45, 7) is 1.87. The second-order valence-electron chi connectivity index (χ2n) is 6.97. The molecule has 0 aromatic heterocycles. The fraction of sp³-hybridized carbons (Fsp3) is 0.0833. The zero-order valence-electron chi connectivity index (χ0n) is 16.6. The average Bonchev–Trinajstić information content (AvgIpc) is 2.94. The summed E-state index contributed by atoms with van der Waals surface area (Å²) in [6, 6.07) is 26.2. The fourth-order valence-electron chi connectivity index (χ4n) is 3.52. The van der Waals surface area contributed by atoms with Crippen LogP contribution in [0.4, 0.5) is 0 Å². The van der Waals surface area contributed by atoms with E-state index in [1.54, 1.807) is 12.1 Å². The van der Waals surface area contributed by atoms with Crippen molar-refractivity contribution in [1.29, 1.82) is 10.5 Å². The van der Waals surface area contributed by atoms with Crippen LogP contribution in [0.15, 0.2) is 99.3 Å². The Kier molecular flexibility index (Phi) is 5.56. The van der Waals surface area contributed by atoms with Crippen molar-refractivity contribution in [2.45, 2.75) is 22.8 Å². The van der Waals surface area contributed by atoms with Gasteiger partial charge in [0.15, 0.2) is 5.70 Å². The van der Waals surface area contributed by atoms with Crippen LogP contribution < -0.4 is 0 Å². The Labute approximate surface area is 185 Å². The van der Waals surface area contributed by atoms with Crippen LogP contribution in [0, 0.1) is 29.6 Å². The Morgan fingerprint density at radius 1 is 0.871 bits per heavy atom. The SMILES string of the molecule is Cc1ccc(S(=O)(=O)N2C(C#N)=C(C#N)Sc3ccccc3[C@H]2c2ccccc2)cc1. The highest BCUT2D eigenvalue weighted by Gasteiger charge is 2.40. The molecule has 0 saturated heterocycles. The summed E-state index contributed by atoms with van der Waals surface area (Å²) in [4.78, 5) is 0.847. The number of aryl methyl sites for hydroxylation is 1. The van der Waals surface area contributed by atoms with Gasteiger partial charge in [0.05, 0.1) is 10.9 Å². The van der Waals surface area contributed by atoms with Gasteiger partial charge in [-0.2, -0.15) is 10.5 Å². The molecular formula is C24H17N3O2S2. The number of hydrogen-bond donors (Lipinski definition) is 0. The normalized spacial score (nSPS) is 16.1. The van der Waals surface area contributed by atoms with Gasteiger partial charge in [0.1, 0.15) is 17.0 Å². The Hall–Kier alpha value is -3.52. The fourth-order valence-corrected chi connectivity index (χ4v) is 6.12. The molecule has 1 heterocycles. The molecule has 1 aliphatic heterocycles. The summed E-state index contributed by atoms with van der Waals surface area (Å²) < 4.78 is 28.9. The summed E-state index contributed by atoms with van der Waals surface area (Å²) in [7, 11) is -4.16. The highest BCUT2D eigenvalue weighted by atomic mass is 32.2. The van der Waals surface area contributed by atoms with Crippen molar-refractivity contribution in [3.8, 4) is 12.1 Å². The second-order valence-corrected chi connectivity index (χ2v) is 9.84. The molecule has 7 heteroatoms. The maximum absolute atomic E-state index is 13.9. The number of fused-ring (bicyclic) bond motifs is 1. The lowest BCUT2D eigenvalue weighted by atomic mass is 9.98. The molecule has 0 radical (unpaired) electrons. The van der Waals surface area contributed by atoms with E-state index in [2.05, 4.69) is 0 Å². The summed E-state index contributed by atoms with van der Waals surface area (Å²) >= 11 is 1.12. The van der Waals surface area contributed by atoms with Crippen molar-refractivity contribution in [1.82, 2.24) is 4.31 Å². The second kappa shape index (κ2) is 8.31. The molecule has 0 bridgehead atoms. The zero-order valence-corrected chi connectivity index (χ0v) is 18.2. The van der Waals surface area contributed by atoms with Gasteiger partial charge in [0.2, 0.25) is 0 Å². The Bertz CT molecular complexity index is 1350. The summed E-state index contributed by atoms with van der Waals surface area (Å²) in [6.07, 6.45) is 0. The molecular weight excluding hydrogens is 426 g/mol. The van der Waals surface area contributed by atoms with Gasteiger partial charge in [-0.15, -0.1) is 0 Å². The molecule has 0 aliphatic carbocycles. The van der Waals surface area contributed by atoms with E-state index >= 15 is 0 Å². The largest absolute Gasteiger partial charge is 0.265 e. The summed E-state index contributed by atoms with van der Waals surface area (Å²) in [5.74, 6) is 0. The van der Waals surface area contributed by atoms with Crippen LogP contribution in [0.1, 0.15) is 22.7 Å². The van der Waals surface area contributed by atoms with Crippen molar-refractivity contribution >= 4 is 21.8 Å². The molecule has 0 fully saturated rings. The lowest BCUT2D eigenvalue weighted by molar-refractivity contribution is 0.432. The van der Waals surface area contributed by atoms with Crippen LogP contribution in [0.3, 0.4) is 0 Å². The summed E-state index contributed by atoms with van der Waals surface area (Å²) in [5.41, 5.74) is 2.16. The molecule has 3 aromatic carbocycles. The number of thioether (sulfide) groups is 1. The van der Waals surface area contributed by atoms with Crippen LogP contribution >= 0.6 is 11.8 Å². The van der Waals surface area contributed by atoms with Gasteiger partial charge < -0.3 is 0 Å². The first-order valence-electron chi connectivity index (χ1n) is 9.44. The van der Waals surface area contributed by atoms with Crippen LogP contribution in [-0.4, -0.2) is 12.7 Å². The zero-order chi connectivity index (χ0) is 22.0. The van der Waals surface area contributed by atoms with Gasteiger partial charge in [0, 0.05) is 4.90 Å². The van der Waals surface area contributed by atoms with Crippen LogP contribution in [0.25, 0.3) is 0 Å². The molecule has 3 aromatic rings. The van der Waals surface area contributed by atoms with Gasteiger partial charge in [0.25, 0.3) is 10.0 Å². The molecule has 0 N–H and O–H groups in total. The van der Waals surface area contributed by atoms with E-state index in [0.717, 1.165) is 26.5 Å². The third-order valence-electron chi connectivity index (χ3n) is 5.00. The number of benzene rings is 3. The molecule has 0 unspecified atom stereocenters. The molecule has 4 rings (SSSR count). The number of rotatable bonds is 3. The number of allylic oxidation sites excluding steroid dienone is 2. The molecule has 1 aliphatic rings. The van der Waals surface area contributed by atoms with Gasteiger partial charge in [-0.25, -0.2) is 12.7 Å². The predicted molar refractivity (Wildman–Crippen MR) is 119 cm³/mol. The topological polar surface area (TPSA) is 85.0 Å². The van der Waals surface area contributed by atoms with Crippen LogP contribution in [0.5, 0.6) is 0 Å². The minimum atomic E-state index is -4.16. The molecule has 0 amide bonds. The van der Waals surface area contributed by atoms with E-state index in [4.69, 9.17) is 0 Å². The predicted octanol–water partition coefficient (Wildman–Crippen LogP) is 5.14. The number of nitrogens with zero attached hydrogens (tertiary/aromatic N) is 3. The third kappa shape index (κ3) is 3.70. The standard InChI is InChI=1S/C24H17N3O2S2/c1-17-11-13-19(14-12-17)31(28,29)27-21(15-25)23(16-26)30-22-10-6-5-9-20(22)24(27)18-7-3-2-4-8-18/h2-14,24H,1H3/t24-/m1/s1. The Balaban J connectivity index is 2.07. The lowest BCUT2D eigenvalue weighted by Crippen LogP contribution is -2.34. The molecule has 5 nitrogen and oxygen atoms in total. The smallest absolute Gasteiger partial charge is 0.243 e. The number of nitriles is 2. The summed E-state index contributed by atoms with van der Waals surface area (Å²) in [5, 5.41) is 19.8. The van der Waals surface area contributed by atoms with E-state index in [-0.39, 0.29) is 15.5 Å². The van der Waals surface area contributed by atoms with E-state index in [9.17, 15) is 18.9 Å². The minimum Gasteiger partial charge on any atom is -0.243 e. The highest BCUT2D eigenvalue weighted by molar-refractivity contribution is 8.03. The van der Waals surface area contributed by atoms with E-state index in [1.165, 1.54) is 12.1 Å². The monoisotopic (exact) mass is 443 g/mol. The van der Waals surface area contributed by atoms with Crippen molar-refractivity contribution < 1.29 is 8.42 Å². The first-order chi connectivity index (χ1) is 15.0. The molecule has 152 valence electrons. The maximum Gasteiger partial charge on any atom is 0.265 e. The number of sulfonamides is 1. The Morgan fingerprint density at radius 3 is 2.16 bits per heavy atom. The lowest BCUT2D eigenvalue weighted by Gasteiger charge is -2.32. The van der Waals surface area contributed by atoms with Crippen molar-refractivity contribution in [2.75, 3.05) is 0 Å². The molecule has 1 atom stereocenters. The maximum atomic E-state index is 13.9. The first-order valence-corrected chi connectivity index (χ1v) is 11.7. The van der Waals surface area contributed by atoms with Gasteiger partial charge in [-0.1, -0.05) is 78.0 Å². The molecule has 0 saturated carbocycles. The van der Waals surface area contributed by atoms with E-state index in [0.29, 0.717) is 11.1 Å². The van der Waals surface area contributed by atoms with Crippen molar-refractivity contribution in [3.63, 3.8) is 0 Å². The van der Waals surface area contributed by atoms with Gasteiger partial charge >= 0.3 is 0 Å². The van der Waals surface area contributed by atoms with Crippen LogP contribution in [0.2, 0.25) is 0 Å². The quantitative estimate of drug-likeness (QED) is 0.559. The minimum absolute atomic E-state index is 0.0454. The van der Waals surface area contributed by atoms with E-state index in [1.807, 2.05) is 73.7 Å². The molecule has 31 heavy (non-hydrogen) atoms.